The number of para-hydroxylation sites is 1. The minimum atomic E-state index is 0.495. The Balaban J connectivity index is 2.20. The average molecular weight is 261 g/mol. The van der Waals surface area contributed by atoms with Crippen LogP contribution in [0, 0.1) is 0 Å². The summed E-state index contributed by atoms with van der Waals surface area (Å²) in [5, 5.41) is 3.10. The summed E-state index contributed by atoms with van der Waals surface area (Å²) in [5.74, 6) is 2.01. The Kier molecular flexibility index (Phi) is 4.41. The molecule has 1 heterocycles. The van der Waals surface area contributed by atoms with Gasteiger partial charge in [0.1, 0.15) is 11.6 Å². The normalized spacial score (nSPS) is 10.1. The van der Waals surface area contributed by atoms with Crippen molar-refractivity contribution in [2.75, 3.05) is 18.1 Å². The molecule has 18 heavy (non-hydrogen) atoms. The Bertz CT molecular complexity index is 519. The van der Waals surface area contributed by atoms with Gasteiger partial charge in [0.15, 0.2) is 0 Å². The summed E-state index contributed by atoms with van der Waals surface area (Å²) in [6, 6.07) is 7.87. The molecule has 0 fully saturated rings. The molecule has 1 aromatic heterocycles. The summed E-state index contributed by atoms with van der Waals surface area (Å²) in [6.45, 7) is 2.82. The quantitative estimate of drug-likeness (QED) is 0.836. The van der Waals surface area contributed by atoms with E-state index in [0.29, 0.717) is 5.88 Å². The molecule has 0 unspecified atom stereocenters. The maximum Gasteiger partial charge on any atom is 0.239 e. The number of hydrogen-bond acceptors (Lipinski definition) is 5. The number of hydrogen-bond donors (Lipinski definition) is 1. The molecular weight excluding hydrogens is 246 g/mol. The van der Waals surface area contributed by atoms with E-state index in [2.05, 4.69) is 15.3 Å². The number of rotatable bonds is 5. The van der Waals surface area contributed by atoms with E-state index in [1.165, 1.54) is 0 Å². The molecule has 2 aromatic rings. The van der Waals surface area contributed by atoms with Crippen molar-refractivity contribution < 1.29 is 4.74 Å². The summed E-state index contributed by atoms with van der Waals surface area (Å²) >= 11 is 1.64. The number of nitrogens with zero attached hydrogens (tertiary/aromatic N) is 2. The SMILES string of the molecule is CCNc1cncc(Oc2ccccc2SC)n1. The van der Waals surface area contributed by atoms with Gasteiger partial charge in [-0.15, -0.1) is 11.8 Å². The van der Waals surface area contributed by atoms with Crippen LogP contribution in [0.3, 0.4) is 0 Å². The first-order valence-electron chi connectivity index (χ1n) is 5.70. The maximum atomic E-state index is 5.75. The number of benzene rings is 1. The van der Waals surface area contributed by atoms with E-state index in [9.17, 15) is 0 Å². The van der Waals surface area contributed by atoms with Gasteiger partial charge in [-0.1, -0.05) is 12.1 Å². The van der Waals surface area contributed by atoms with Gasteiger partial charge in [-0.25, -0.2) is 0 Å². The number of aromatic nitrogens is 2. The van der Waals surface area contributed by atoms with Gasteiger partial charge >= 0.3 is 0 Å². The first kappa shape index (κ1) is 12.7. The Morgan fingerprint density at radius 3 is 2.89 bits per heavy atom. The highest BCUT2D eigenvalue weighted by molar-refractivity contribution is 7.98. The van der Waals surface area contributed by atoms with E-state index in [1.54, 1.807) is 24.2 Å². The van der Waals surface area contributed by atoms with Crippen LogP contribution in [0.15, 0.2) is 41.6 Å². The fourth-order valence-corrected chi connectivity index (χ4v) is 2.00. The minimum Gasteiger partial charge on any atom is -0.436 e. The zero-order valence-corrected chi connectivity index (χ0v) is 11.2. The molecule has 0 amide bonds. The van der Waals surface area contributed by atoms with Gasteiger partial charge in [0, 0.05) is 11.4 Å². The number of nitrogens with one attached hydrogen (secondary N) is 1. The molecule has 2 rings (SSSR count). The van der Waals surface area contributed by atoms with Crippen molar-refractivity contribution in [3.63, 3.8) is 0 Å². The lowest BCUT2D eigenvalue weighted by molar-refractivity contribution is 0.450. The third kappa shape index (κ3) is 3.13. The number of ether oxygens (including phenoxy) is 1. The van der Waals surface area contributed by atoms with Crippen LogP contribution >= 0.6 is 11.8 Å². The Labute approximate surface area is 111 Å². The zero-order chi connectivity index (χ0) is 12.8. The third-order valence-corrected chi connectivity index (χ3v) is 3.03. The van der Waals surface area contributed by atoms with E-state index in [-0.39, 0.29) is 0 Å². The molecule has 1 aromatic carbocycles. The Morgan fingerprint density at radius 2 is 2.11 bits per heavy atom. The molecule has 0 aliphatic carbocycles. The number of anilines is 1. The molecule has 94 valence electrons. The zero-order valence-electron chi connectivity index (χ0n) is 10.4. The molecule has 0 spiro atoms. The van der Waals surface area contributed by atoms with Crippen molar-refractivity contribution in [3.05, 3.63) is 36.7 Å². The fraction of sp³-hybridized carbons (Fsp3) is 0.231. The summed E-state index contributed by atoms with van der Waals surface area (Å²) in [7, 11) is 0. The minimum absolute atomic E-state index is 0.495. The lowest BCUT2D eigenvalue weighted by Gasteiger charge is -2.09. The molecule has 0 saturated carbocycles. The van der Waals surface area contributed by atoms with Crippen molar-refractivity contribution in [2.45, 2.75) is 11.8 Å². The van der Waals surface area contributed by atoms with E-state index in [1.807, 2.05) is 37.4 Å². The average Bonchev–Trinajstić information content (AvgIpc) is 2.40. The van der Waals surface area contributed by atoms with Gasteiger partial charge in [-0.05, 0) is 25.3 Å². The molecule has 0 bridgehead atoms. The molecule has 0 saturated heterocycles. The highest BCUT2D eigenvalue weighted by Crippen LogP contribution is 2.30. The van der Waals surface area contributed by atoms with Crippen LogP contribution in [0.4, 0.5) is 5.82 Å². The second kappa shape index (κ2) is 6.26. The predicted octanol–water partition coefficient (Wildman–Crippen LogP) is 3.42. The van der Waals surface area contributed by atoms with Crippen LogP contribution in [-0.2, 0) is 0 Å². The molecule has 1 N–H and O–H groups in total. The van der Waals surface area contributed by atoms with Gasteiger partial charge in [-0.3, -0.25) is 4.98 Å². The van der Waals surface area contributed by atoms with Crippen LogP contribution < -0.4 is 10.1 Å². The van der Waals surface area contributed by atoms with E-state index in [0.717, 1.165) is 23.0 Å². The number of thioether (sulfide) groups is 1. The second-order valence-corrected chi connectivity index (χ2v) is 4.37. The molecule has 5 heteroatoms. The lowest BCUT2D eigenvalue weighted by atomic mass is 10.3. The van der Waals surface area contributed by atoms with Gasteiger partial charge < -0.3 is 10.1 Å². The predicted molar refractivity (Wildman–Crippen MR) is 74.5 cm³/mol. The Hall–Kier alpha value is -1.75. The van der Waals surface area contributed by atoms with E-state index in [4.69, 9.17) is 4.74 Å². The van der Waals surface area contributed by atoms with Crippen LogP contribution in [0.25, 0.3) is 0 Å². The second-order valence-electron chi connectivity index (χ2n) is 3.53. The van der Waals surface area contributed by atoms with E-state index < -0.39 is 0 Å². The van der Waals surface area contributed by atoms with Gasteiger partial charge in [0.2, 0.25) is 5.88 Å². The Morgan fingerprint density at radius 1 is 1.28 bits per heavy atom. The monoisotopic (exact) mass is 261 g/mol. The van der Waals surface area contributed by atoms with Crippen molar-refractivity contribution in [1.29, 1.82) is 0 Å². The summed E-state index contributed by atoms with van der Waals surface area (Å²) < 4.78 is 5.75. The smallest absolute Gasteiger partial charge is 0.239 e. The van der Waals surface area contributed by atoms with Crippen LogP contribution in [0.2, 0.25) is 0 Å². The van der Waals surface area contributed by atoms with Gasteiger partial charge in [-0.2, -0.15) is 4.98 Å². The van der Waals surface area contributed by atoms with Crippen molar-refractivity contribution >= 4 is 17.6 Å². The topological polar surface area (TPSA) is 47.0 Å². The van der Waals surface area contributed by atoms with E-state index >= 15 is 0 Å². The van der Waals surface area contributed by atoms with Gasteiger partial charge in [0.25, 0.3) is 0 Å². The molecular formula is C13H15N3OS. The molecule has 0 atom stereocenters. The van der Waals surface area contributed by atoms with Crippen molar-refractivity contribution in [3.8, 4) is 11.6 Å². The van der Waals surface area contributed by atoms with Crippen molar-refractivity contribution in [1.82, 2.24) is 9.97 Å². The highest BCUT2D eigenvalue weighted by Gasteiger charge is 2.05. The van der Waals surface area contributed by atoms with Gasteiger partial charge in [0.05, 0.1) is 12.4 Å². The molecule has 0 radical (unpaired) electrons. The maximum absolute atomic E-state index is 5.75. The first-order valence-corrected chi connectivity index (χ1v) is 6.92. The largest absolute Gasteiger partial charge is 0.436 e. The van der Waals surface area contributed by atoms with Crippen LogP contribution in [0.1, 0.15) is 6.92 Å². The molecule has 0 aliphatic heterocycles. The van der Waals surface area contributed by atoms with Crippen molar-refractivity contribution in [2.24, 2.45) is 0 Å². The molecule has 4 nitrogen and oxygen atoms in total. The first-order chi connectivity index (χ1) is 8.83. The fourth-order valence-electron chi connectivity index (χ4n) is 1.48. The third-order valence-electron chi connectivity index (χ3n) is 2.25. The standard InChI is InChI=1S/C13H15N3OS/c1-3-15-12-8-14-9-13(16-12)17-10-6-4-5-7-11(10)18-2/h4-9H,3H2,1-2H3,(H,15,16). The van der Waals surface area contributed by atoms with Crippen LogP contribution in [-0.4, -0.2) is 22.8 Å². The highest BCUT2D eigenvalue weighted by atomic mass is 32.2. The summed E-state index contributed by atoms with van der Waals surface area (Å²) in [4.78, 5) is 9.50. The summed E-state index contributed by atoms with van der Waals surface area (Å²) in [6.07, 6.45) is 5.30. The van der Waals surface area contributed by atoms with Crippen LogP contribution in [0.5, 0.6) is 11.6 Å². The molecule has 0 aliphatic rings. The summed E-state index contributed by atoms with van der Waals surface area (Å²) in [5.41, 5.74) is 0. The lowest BCUT2D eigenvalue weighted by Crippen LogP contribution is -2.00.